The molecule has 0 saturated carbocycles. The molecule has 0 radical (unpaired) electrons. The predicted molar refractivity (Wildman–Crippen MR) is 58.4 cm³/mol. The Morgan fingerprint density at radius 1 is 1.53 bits per heavy atom. The molecule has 4 N–H and O–H groups in total. The van der Waals surface area contributed by atoms with Gasteiger partial charge in [-0.25, -0.2) is 4.79 Å². The number of nitrogens with two attached hydrogens (primary N) is 2. The minimum Gasteiger partial charge on any atom is -0.444 e. The second kappa shape index (κ2) is 3.98. The van der Waals surface area contributed by atoms with Gasteiger partial charge in [0.25, 0.3) is 0 Å². The van der Waals surface area contributed by atoms with Crippen LogP contribution in [0.5, 0.6) is 0 Å². The molecule has 0 unspecified atom stereocenters. The average Bonchev–Trinajstić information content (AvgIpc) is 2.46. The summed E-state index contributed by atoms with van der Waals surface area (Å²) in [4.78, 5) is 13.3. The van der Waals surface area contributed by atoms with Crippen molar-refractivity contribution in [3.8, 4) is 0 Å². The highest BCUT2D eigenvalue weighted by Crippen LogP contribution is 2.20. The molecule has 1 atom stereocenters. The van der Waals surface area contributed by atoms with Crippen LogP contribution in [-0.2, 0) is 4.74 Å². The smallest absolute Gasteiger partial charge is 0.410 e. The molecule has 0 aliphatic carbocycles. The number of rotatable bonds is 1. The van der Waals surface area contributed by atoms with Crippen LogP contribution < -0.4 is 11.5 Å². The first-order valence-corrected chi connectivity index (χ1v) is 5.23. The van der Waals surface area contributed by atoms with Gasteiger partial charge >= 0.3 is 6.09 Å². The van der Waals surface area contributed by atoms with Gasteiger partial charge in [-0.1, -0.05) is 0 Å². The molecular formula is C10H21N3O2. The second-order valence-corrected chi connectivity index (χ2v) is 5.22. The van der Waals surface area contributed by atoms with Crippen LogP contribution >= 0.6 is 0 Å². The van der Waals surface area contributed by atoms with Gasteiger partial charge in [0.15, 0.2) is 0 Å². The second-order valence-electron chi connectivity index (χ2n) is 5.22. The number of amides is 1. The van der Waals surface area contributed by atoms with E-state index in [0.717, 1.165) is 6.42 Å². The number of ether oxygens (including phenoxy) is 1. The van der Waals surface area contributed by atoms with Gasteiger partial charge in [0.05, 0.1) is 0 Å². The van der Waals surface area contributed by atoms with E-state index in [9.17, 15) is 4.79 Å². The molecule has 1 rings (SSSR count). The van der Waals surface area contributed by atoms with E-state index in [1.165, 1.54) is 0 Å². The molecule has 0 spiro atoms. The van der Waals surface area contributed by atoms with Crippen molar-refractivity contribution in [2.24, 2.45) is 11.5 Å². The van der Waals surface area contributed by atoms with Gasteiger partial charge in [0, 0.05) is 25.2 Å². The summed E-state index contributed by atoms with van der Waals surface area (Å²) in [7, 11) is 0. The third-order valence-corrected chi connectivity index (χ3v) is 2.44. The summed E-state index contributed by atoms with van der Waals surface area (Å²) >= 11 is 0. The van der Waals surface area contributed by atoms with Gasteiger partial charge < -0.3 is 21.1 Å². The zero-order valence-corrected chi connectivity index (χ0v) is 9.75. The van der Waals surface area contributed by atoms with Crippen molar-refractivity contribution < 1.29 is 9.53 Å². The van der Waals surface area contributed by atoms with Crippen molar-refractivity contribution in [1.82, 2.24) is 4.90 Å². The lowest BCUT2D eigenvalue weighted by Gasteiger charge is -2.26. The van der Waals surface area contributed by atoms with E-state index in [2.05, 4.69) is 0 Å². The van der Waals surface area contributed by atoms with Gasteiger partial charge in [0.2, 0.25) is 0 Å². The van der Waals surface area contributed by atoms with Gasteiger partial charge in [-0.3, -0.25) is 0 Å². The molecule has 1 heterocycles. The zero-order chi connectivity index (χ0) is 11.7. The fourth-order valence-corrected chi connectivity index (χ4v) is 1.54. The van der Waals surface area contributed by atoms with Gasteiger partial charge in [-0.05, 0) is 27.2 Å². The Kier molecular flexibility index (Phi) is 3.25. The van der Waals surface area contributed by atoms with E-state index in [1.807, 2.05) is 20.8 Å². The largest absolute Gasteiger partial charge is 0.444 e. The van der Waals surface area contributed by atoms with Crippen molar-refractivity contribution in [3.63, 3.8) is 0 Å². The van der Waals surface area contributed by atoms with Gasteiger partial charge in [-0.2, -0.15) is 0 Å². The van der Waals surface area contributed by atoms with Crippen molar-refractivity contribution >= 4 is 6.09 Å². The molecule has 1 fully saturated rings. The molecule has 15 heavy (non-hydrogen) atoms. The van der Waals surface area contributed by atoms with Crippen LogP contribution in [-0.4, -0.2) is 41.8 Å². The van der Waals surface area contributed by atoms with Crippen LogP contribution in [0.1, 0.15) is 27.2 Å². The SMILES string of the molecule is CC(C)(C)OC(=O)N1CC[C@](N)(CN)C1. The van der Waals surface area contributed by atoms with Crippen LogP contribution in [0.3, 0.4) is 0 Å². The highest BCUT2D eigenvalue weighted by molar-refractivity contribution is 5.68. The molecule has 1 saturated heterocycles. The molecule has 0 aromatic heterocycles. The quantitative estimate of drug-likeness (QED) is 0.658. The summed E-state index contributed by atoms with van der Waals surface area (Å²) in [5, 5.41) is 0. The monoisotopic (exact) mass is 215 g/mol. The zero-order valence-electron chi connectivity index (χ0n) is 9.75. The summed E-state index contributed by atoms with van der Waals surface area (Å²) in [6, 6.07) is 0. The van der Waals surface area contributed by atoms with Crippen molar-refractivity contribution in [1.29, 1.82) is 0 Å². The maximum Gasteiger partial charge on any atom is 0.410 e. The van der Waals surface area contributed by atoms with Crippen molar-refractivity contribution in [2.75, 3.05) is 19.6 Å². The molecule has 88 valence electrons. The van der Waals surface area contributed by atoms with E-state index < -0.39 is 11.1 Å². The van der Waals surface area contributed by atoms with Gasteiger partial charge in [0.1, 0.15) is 5.60 Å². The van der Waals surface area contributed by atoms with E-state index in [4.69, 9.17) is 16.2 Å². The summed E-state index contributed by atoms with van der Waals surface area (Å²) in [5.74, 6) is 0. The first-order valence-electron chi connectivity index (χ1n) is 5.23. The summed E-state index contributed by atoms with van der Waals surface area (Å²) in [6.45, 7) is 7.05. The Morgan fingerprint density at radius 3 is 2.53 bits per heavy atom. The minimum absolute atomic E-state index is 0.303. The molecule has 1 aliphatic rings. The topological polar surface area (TPSA) is 81.6 Å². The number of carbonyl (C=O) groups excluding carboxylic acids is 1. The lowest BCUT2D eigenvalue weighted by Crippen LogP contribution is -2.50. The standard InChI is InChI=1S/C10H21N3O2/c1-9(2,3)15-8(14)13-5-4-10(12,6-11)7-13/h4-7,11-12H2,1-3H3/t10-/m0/s1. The van der Waals surface area contributed by atoms with E-state index in [-0.39, 0.29) is 6.09 Å². The number of likely N-dealkylation sites (tertiary alicyclic amines) is 1. The first kappa shape index (κ1) is 12.3. The summed E-state index contributed by atoms with van der Waals surface area (Å²) < 4.78 is 5.25. The Hall–Kier alpha value is -0.810. The van der Waals surface area contributed by atoms with Gasteiger partial charge in [-0.15, -0.1) is 0 Å². The number of hydrogen-bond donors (Lipinski definition) is 2. The fraction of sp³-hybridized carbons (Fsp3) is 0.900. The summed E-state index contributed by atoms with van der Waals surface area (Å²) in [5.41, 5.74) is 10.6. The fourth-order valence-electron chi connectivity index (χ4n) is 1.54. The lowest BCUT2D eigenvalue weighted by molar-refractivity contribution is 0.0285. The first-order chi connectivity index (χ1) is 6.76. The van der Waals surface area contributed by atoms with Crippen LogP contribution in [0.25, 0.3) is 0 Å². The Bertz CT molecular complexity index is 250. The normalized spacial score (nSPS) is 26.9. The highest BCUT2D eigenvalue weighted by Gasteiger charge is 2.37. The lowest BCUT2D eigenvalue weighted by atomic mass is 10.0. The van der Waals surface area contributed by atoms with Crippen molar-refractivity contribution in [2.45, 2.75) is 38.3 Å². The Morgan fingerprint density at radius 2 is 2.13 bits per heavy atom. The van der Waals surface area contributed by atoms with Crippen LogP contribution in [0, 0.1) is 0 Å². The molecule has 1 aliphatic heterocycles. The number of hydrogen-bond acceptors (Lipinski definition) is 4. The molecule has 5 nitrogen and oxygen atoms in total. The molecule has 0 aromatic rings. The third-order valence-electron chi connectivity index (χ3n) is 2.44. The number of carbonyl (C=O) groups is 1. The Labute approximate surface area is 90.7 Å². The average molecular weight is 215 g/mol. The molecule has 1 amide bonds. The van der Waals surface area contributed by atoms with Crippen molar-refractivity contribution in [3.05, 3.63) is 0 Å². The molecule has 0 aromatic carbocycles. The van der Waals surface area contributed by atoms with Crippen LogP contribution in [0.4, 0.5) is 4.79 Å². The third kappa shape index (κ3) is 3.35. The maximum atomic E-state index is 11.7. The number of nitrogens with zero attached hydrogens (tertiary/aromatic N) is 1. The Balaban J connectivity index is 2.51. The molecule has 5 heteroatoms. The maximum absolute atomic E-state index is 11.7. The van der Waals surface area contributed by atoms with E-state index >= 15 is 0 Å². The minimum atomic E-state index is -0.459. The molecule has 0 bridgehead atoms. The molecular weight excluding hydrogens is 194 g/mol. The van der Waals surface area contributed by atoms with Crippen LogP contribution in [0.2, 0.25) is 0 Å². The van der Waals surface area contributed by atoms with E-state index in [1.54, 1.807) is 4.90 Å². The van der Waals surface area contributed by atoms with E-state index in [0.29, 0.717) is 19.6 Å². The highest BCUT2D eigenvalue weighted by atomic mass is 16.6. The van der Waals surface area contributed by atoms with Crippen LogP contribution in [0.15, 0.2) is 0 Å². The summed E-state index contributed by atoms with van der Waals surface area (Å²) in [6.07, 6.45) is 0.436. The predicted octanol–water partition coefficient (Wildman–Crippen LogP) is 0.283.